The van der Waals surface area contributed by atoms with E-state index < -0.39 is 0 Å². The van der Waals surface area contributed by atoms with Crippen LogP contribution in [0, 0.1) is 0 Å². The molecule has 3 rings (SSSR count). The lowest BCUT2D eigenvalue weighted by atomic mass is 9.98. The second kappa shape index (κ2) is 8.54. The van der Waals surface area contributed by atoms with Crippen molar-refractivity contribution < 1.29 is 9.90 Å². The maximum absolute atomic E-state index is 12.4. The van der Waals surface area contributed by atoms with Crippen LogP contribution in [0.25, 0.3) is 0 Å². The van der Waals surface area contributed by atoms with Crippen LogP contribution < -0.4 is 5.32 Å². The van der Waals surface area contributed by atoms with Gasteiger partial charge in [-0.15, -0.1) is 0 Å². The summed E-state index contributed by atoms with van der Waals surface area (Å²) in [7, 11) is 0. The van der Waals surface area contributed by atoms with Crippen LogP contribution in [0.15, 0.2) is 67.0 Å². The predicted molar refractivity (Wildman–Crippen MR) is 107 cm³/mol. The van der Waals surface area contributed by atoms with Crippen LogP contribution in [0.1, 0.15) is 36.2 Å². The van der Waals surface area contributed by atoms with Gasteiger partial charge >= 0.3 is 0 Å². The van der Waals surface area contributed by atoms with Crippen molar-refractivity contribution in [2.75, 3.05) is 6.54 Å². The maximum atomic E-state index is 12.4. The molecule has 0 radical (unpaired) electrons. The zero-order valence-electron chi connectivity index (χ0n) is 15.6. The molecular formula is C22H25N3O2. The van der Waals surface area contributed by atoms with Crippen molar-refractivity contribution in [3.8, 4) is 5.75 Å². The summed E-state index contributed by atoms with van der Waals surface area (Å²) >= 11 is 0. The number of carbonyl (C=O) groups is 1. The second-order valence-corrected chi connectivity index (χ2v) is 6.82. The van der Waals surface area contributed by atoms with Gasteiger partial charge in [0.2, 0.25) is 5.91 Å². The fourth-order valence-electron chi connectivity index (χ4n) is 3.42. The Morgan fingerprint density at radius 2 is 2.30 bits per heavy atom. The first-order valence-corrected chi connectivity index (χ1v) is 9.13. The average Bonchev–Trinajstić information content (AvgIpc) is 3.21. The van der Waals surface area contributed by atoms with E-state index in [-0.39, 0.29) is 17.6 Å². The molecule has 1 unspecified atom stereocenters. The molecule has 1 atom stereocenters. The van der Waals surface area contributed by atoms with Crippen LogP contribution in [0.2, 0.25) is 0 Å². The molecule has 0 bridgehead atoms. The quantitative estimate of drug-likeness (QED) is 0.740. The second-order valence-electron chi connectivity index (χ2n) is 6.82. The van der Waals surface area contributed by atoms with Crippen molar-refractivity contribution in [2.24, 2.45) is 0 Å². The van der Waals surface area contributed by atoms with Crippen molar-refractivity contribution in [1.29, 1.82) is 0 Å². The molecule has 2 aromatic rings. The summed E-state index contributed by atoms with van der Waals surface area (Å²) < 4.78 is 2.03. The van der Waals surface area contributed by atoms with Crippen LogP contribution in [0.5, 0.6) is 5.75 Å². The van der Waals surface area contributed by atoms with Crippen molar-refractivity contribution >= 4 is 5.91 Å². The molecule has 2 N–H and O–H groups in total. The molecule has 0 aliphatic carbocycles. The minimum Gasteiger partial charge on any atom is -0.508 e. The Hall–Kier alpha value is -3.08. The van der Waals surface area contributed by atoms with E-state index in [4.69, 9.17) is 0 Å². The number of amides is 1. The molecule has 1 amide bonds. The number of hydrogen-bond donors (Lipinski definition) is 2. The monoisotopic (exact) mass is 363 g/mol. The third-order valence-corrected chi connectivity index (χ3v) is 4.67. The molecule has 5 nitrogen and oxygen atoms in total. The SMILES string of the molecule is C=C/C=C\C=C(/C)Cc1ncn(Cc2cccc(O)c2)c1C1CCNC1=O. The number of aromatic nitrogens is 2. The normalized spacial score (nSPS) is 17.4. The minimum atomic E-state index is -0.184. The highest BCUT2D eigenvalue weighted by Crippen LogP contribution is 2.28. The molecule has 1 aliphatic heterocycles. The van der Waals surface area contributed by atoms with E-state index in [1.165, 1.54) is 0 Å². The molecule has 140 valence electrons. The van der Waals surface area contributed by atoms with Gasteiger partial charge in [-0.2, -0.15) is 0 Å². The summed E-state index contributed by atoms with van der Waals surface area (Å²) in [6.45, 7) is 6.99. The van der Waals surface area contributed by atoms with E-state index >= 15 is 0 Å². The standard InChI is InChI=1S/C22H25N3O2/c1-3-4-5-7-16(2)12-20-21(19-10-11-23-22(19)27)25(15-24-20)14-17-8-6-9-18(26)13-17/h3-9,13,15,19,26H,1,10-12,14H2,2H3,(H,23,27)/b5-4-,16-7+. The van der Waals surface area contributed by atoms with E-state index in [1.807, 2.05) is 34.9 Å². The summed E-state index contributed by atoms with van der Waals surface area (Å²) in [5.74, 6) is 0.110. The van der Waals surface area contributed by atoms with Gasteiger partial charge in [-0.1, -0.05) is 48.6 Å². The number of benzene rings is 1. The van der Waals surface area contributed by atoms with Gasteiger partial charge in [-0.05, 0) is 31.0 Å². The number of carbonyl (C=O) groups excluding carboxylic acids is 1. The summed E-state index contributed by atoms with van der Waals surface area (Å²) in [6, 6.07) is 7.18. The Morgan fingerprint density at radius 1 is 1.44 bits per heavy atom. The Bertz CT molecular complexity index is 893. The summed E-state index contributed by atoms with van der Waals surface area (Å²) in [4.78, 5) is 17.0. The summed E-state index contributed by atoms with van der Waals surface area (Å²) in [6.07, 6.45) is 10.9. The van der Waals surface area contributed by atoms with Crippen LogP contribution in [-0.4, -0.2) is 27.1 Å². The lowest BCUT2D eigenvalue weighted by Gasteiger charge is -2.15. The Balaban J connectivity index is 1.92. The number of phenolic OH excluding ortho intramolecular Hbond substituents is 1. The van der Waals surface area contributed by atoms with Gasteiger partial charge in [0.15, 0.2) is 0 Å². The van der Waals surface area contributed by atoms with E-state index in [2.05, 4.69) is 23.8 Å². The van der Waals surface area contributed by atoms with Crippen LogP contribution in [0.3, 0.4) is 0 Å². The van der Waals surface area contributed by atoms with Crippen LogP contribution in [0.4, 0.5) is 0 Å². The summed E-state index contributed by atoms with van der Waals surface area (Å²) in [5, 5.41) is 12.7. The van der Waals surface area contributed by atoms with Gasteiger partial charge in [-0.25, -0.2) is 4.98 Å². The van der Waals surface area contributed by atoms with Crippen molar-refractivity contribution in [3.63, 3.8) is 0 Å². The predicted octanol–water partition coefficient (Wildman–Crippen LogP) is 3.47. The van der Waals surface area contributed by atoms with E-state index in [9.17, 15) is 9.90 Å². The molecule has 1 aliphatic rings. The minimum absolute atomic E-state index is 0.0575. The van der Waals surface area contributed by atoms with Crippen molar-refractivity contribution in [2.45, 2.75) is 32.2 Å². The van der Waals surface area contributed by atoms with E-state index in [0.717, 1.165) is 28.9 Å². The number of rotatable bonds is 7. The van der Waals surface area contributed by atoms with Crippen LogP contribution >= 0.6 is 0 Å². The first-order chi connectivity index (χ1) is 13.1. The number of nitrogens with zero attached hydrogens (tertiary/aromatic N) is 2. The largest absolute Gasteiger partial charge is 0.508 e. The molecular weight excluding hydrogens is 338 g/mol. The highest BCUT2D eigenvalue weighted by Gasteiger charge is 2.31. The fraction of sp³-hybridized carbons (Fsp3) is 0.273. The zero-order valence-corrected chi connectivity index (χ0v) is 15.6. The smallest absolute Gasteiger partial charge is 0.229 e. The average molecular weight is 363 g/mol. The van der Waals surface area contributed by atoms with Gasteiger partial charge in [0.1, 0.15) is 5.75 Å². The zero-order chi connectivity index (χ0) is 19.2. The lowest BCUT2D eigenvalue weighted by Crippen LogP contribution is -2.21. The molecule has 1 fully saturated rings. The Morgan fingerprint density at radius 3 is 3.00 bits per heavy atom. The maximum Gasteiger partial charge on any atom is 0.229 e. The first kappa shape index (κ1) is 18.7. The van der Waals surface area contributed by atoms with Gasteiger partial charge in [-0.3, -0.25) is 4.79 Å². The summed E-state index contributed by atoms with van der Waals surface area (Å²) in [5.41, 5.74) is 4.03. The van der Waals surface area contributed by atoms with E-state index in [1.54, 1.807) is 24.5 Å². The lowest BCUT2D eigenvalue weighted by molar-refractivity contribution is -0.120. The fourth-order valence-corrected chi connectivity index (χ4v) is 3.42. The third kappa shape index (κ3) is 4.56. The molecule has 27 heavy (non-hydrogen) atoms. The first-order valence-electron chi connectivity index (χ1n) is 9.13. The number of phenols is 1. The van der Waals surface area contributed by atoms with Crippen LogP contribution in [-0.2, 0) is 17.8 Å². The number of hydrogen-bond acceptors (Lipinski definition) is 3. The molecule has 5 heteroatoms. The number of nitrogens with one attached hydrogen (secondary N) is 1. The van der Waals surface area contributed by atoms with E-state index in [0.29, 0.717) is 19.5 Å². The van der Waals surface area contributed by atoms with Gasteiger partial charge < -0.3 is 15.0 Å². The Kier molecular flexibility index (Phi) is 5.91. The number of aromatic hydroxyl groups is 1. The third-order valence-electron chi connectivity index (χ3n) is 4.67. The molecule has 1 saturated heterocycles. The topological polar surface area (TPSA) is 67.2 Å². The highest BCUT2D eigenvalue weighted by molar-refractivity contribution is 5.85. The Labute approximate surface area is 159 Å². The molecule has 1 aromatic heterocycles. The van der Waals surface area contributed by atoms with Gasteiger partial charge in [0, 0.05) is 19.5 Å². The van der Waals surface area contributed by atoms with Crippen molar-refractivity contribution in [1.82, 2.24) is 14.9 Å². The number of allylic oxidation sites excluding steroid dienone is 5. The molecule has 0 saturated carbocycles. The van der Waals surface area contributed by atoms with Gasteiger partial charge in [0.05, 0.1) is 23.6 Å². The highest BCUT2D eigenvalue weighted by atomic mass is 16.3. The van der Waals surface area contributed by atoms with Gasteiger partial charge in [0.25, 0.3) is 0 Å². The molecule has 0 spiro atoms. The number of imidazole rings is 1. The molecule has 1 aromatic carbocycles. The van der Waals surface area contributed by atoms with Crippen molar-refractivity contribution in [3.05, 3.63) is 84.0 Å². The molecule has 2 heterocycles.